The van der Waals surface area contributed by atoms with Crippen LogP contribution >= 0.6 is 0 Å². The molecule has 0 saturated carbocycles. The molecule has 5 nitrogen and oxygen atoms in total. The molecule has 1 fully saturated rings. The third-order valence-electron chi connectivity index (χ3n) is 3.74. The van der Waals surface area contributed by atoms with Crippen LogP contribution in [0.5, 0.6) is 0 Å². The van der Waals surface area contributed by atoms with Crippen LogP contribution in [0.2, 0.25) is 0 Å². The first-order chi connectivity index (χ1) is 9.65. The number of nitrogens with one attached hydrogen (secondary N) is 1. The number of hydrogen-bond donors (Lipinski definition) is 2. The van der Waals surface area contributed by atoms with E-state index in [-0.39, 0.29) is 12.6 Å². The molecule has 0 aliphatic carbocycles. The van der Waals surface area contributed by atoms with Crippen molar-refractivity contribution >= 4 is 11.6 Å². The van der Waals surface area contributed by atoms with Gasteiger partial charge in [-0.15, -0.1) is 0 Å². The van der Waals surface area contributed by atoms with E-state index >= 15 is 0 Å². The maximum absolute atomic E-state index is 9.57. The fraction of sp³-hybridized carbons (Fsp3) is 0.733. The topological polar surface area (TPSA) is 61.3 Å². The summed E-state index contributed by atoms with van der Waals surface area (Å²) in [5.74, 6) is 2.98. The van der Waals surface area contributed by atoms with Gasteiger partial charge in [0.25, 0.3) is 0 Å². The van der Waals surface area contributed by atoms with Gasteiger partial charge in [-0.25, -0.2) is 9.97 Å². The third kappa shape index (κ3) is 3.39. The summed E-state index contributed by atoms with van der Waals surface area (Å²) in [6.07, 6.45) is 3.38. The zero-order valence-electron chi connectivity index (χ0n) is 12.8. The van der Waals surface area contributed by atoms with Gasteiger partial charge in [0.1, 0.15) is 17.5 Å². The summed E-state index contributed by atoms with van der Waals surface area (Å²) in [4.78, 5) is 11.5. The lowest BCUT2D eigenvalue weighted by Gasteiger charge is -2.36. The first-order valence-electron chi connectivity index (χ1n) is 7.66. The Morgan fingerprint density at radius 3 is 2.85 bits per heavy atom. The van der Waals surface area contributed by atoms with Crippen LogP contribution in [-0.4, -0.2) is 40.8 Å². The van der Waals surface area contributed by atoms with Crippen molar-refractivity contribution in [2.75, 3.05) is 29.9 Å². The van der Waals surface area contributed by atoms with Gasteiger partial charge in [0.05, 0.1) is 12.6 Å². The van der Waals surface area contributed by atoms with Crippen molar-refractivity contribution in [2.24, 2.45) is 0 Å². The molecule has 1 saturated heterocycles. The van der Waals surface area contributed by atoms with E-state index in [0.717, 1.165) is 43.4 Å². The fourth-order valence-electron chi connectivity index (χ4n) is 2.62. The van der Waals surface area contributed by atoms with Gasteiger partial charge in [-0.2, -0.15) is 0 Å². The van der Waals surface area contributed by atoms with E-state index < -0.39 is 0 Å². The Morgan fingerprint density at radius 1 is 1.40 bits per heavy atom. The molecule has 2 rings (SSSR count). The minimum absolute atomic E-state index is 0.188. The molecule has 0 radical (unpaired) electrons. The Hall–Kier alpha value is -1.36. The first-order valence-corrected chi connectivity index (χ1v) is 7.66. The molecule has 0 aromatic carbocycles. The average molecular weight is 278 g/mol. The highest BCUT2D eigenvalue weighted by Crippen LogP contribution is 2.26. The van der Waals surface area contributed by atoms with Crippen LogP contribution in [0.3, 0.4) is 0 Å². The summed E-state index contributed by atoms with van der Waals surface area (Å²) in [7, 11) is 0. The second kappa shape index (κ2) is 6.88. The molecule has 0 spiro atoms. The summed E-state index contributed by atoms with van der Waals surface area (Å²) >= 11 is 0. The number of anilines is 2. The van der Waals surface area contributed by atoms with Crippen molar-refractivity contribution in [3.63, 3.8) is 0 Å². The van der Waals surface area contributed by atoms with Crippen molar-refractivity contribution < 1.29 is 5.11 Å². The molecule has 20 heavy (non-hydrogen) atoms. The number of aliphatic hydroxyl groups is 1. The van der Waals surface area contributed by atoms with Gasteiger partial charge in [-0.05, 0) is 26.2 Å². The molecular weight excluding hydrogens is 252 g/mol. The fourth-order valence-corrected chi connectivity index (χ4v) is 2.62. The van der Waals surface area contributed by atoms with Crippen LogP contribution in [0.4, 0.5) is 11.6 Å². The van der Waals surface area contributed by atoms with Crippen LogP contribution in [0.15, 0.2) is 6.07 Å². The molecule has 1 aliphatic rings. The van der Waals surface area contributed by atoms with Crippen LogP contribution in [-0.2, 0) is 0 Å². The molecule has 0 bridgehead atoms. The molecule has 1 unspecified atom stereocenters. The summed E-state index contributed by atoms with van der Waals surface area (Å²) < 4.78 is 0. The minimum Gasteiger partial charge on any atom is -0.394 e. The molecule has 0 amide bonds. The van der Waals surface area contributed by atoms with E-state index in [2.05, 4.69) is 36.0 Å². The molecule has 2 heterocycles. The summed E-state index contributed by atoms with van der Waals surface area (Å²) in [5.41, 5.74) is 0. The lowest BCUT2D eigenvalue weighted by atomic mass is 10.0. The largest absolute Gasteiger partial charge is 0.394 e. The maximum Gasteiger partial charge on any atom is 0.135 e. The van der Waals surface area contributed by atoms with E-state index in [1.54, 1.807) is 0 Å². The monoisotopic (exact) mass is 278 g/mol. The number of aromatic nitrogens is 2. The van der Waals surface area contributed by atoms with Crippen molar-refractivity contribution in [3.8, 4) is 0 Å². The minimum atomic E-state index is 0.188. The van der Waals surface area contributed by atoms with Crippen LogP contribution in [0.1, 0.15) is 51.8 Å². The van der Waals surface area contributed by atoms with Gasteiger partial charge in [0.15, 0.2) is 0 Å². The quantitative estimate of drug-likeness (QED) is 0.866. The lowest BCUT2D eigenvalue weighted by molar-refractivity contribution is 0.239. The highest BCUT2D eigenvalue weighted by atomic mass is 16.3. The Kier molecular flexibility index (Phi) is 5.17. The smallest absolute Gasteiger partial charge is 0.135 e. The number of piperidine rings is 1. The normalized spacial score (nSPS) is 19.4. The van der Waals surface area contributed by atoms with Gasteiger partial charge in [0, 0.05) is 25.1 Å². The Labute approximate surface area is 121 Å². The predicted octanol–water partition coefficient (Wildman–Crippen LogP) is 2.38. The summed E-state index contributed by atoms with van der Waals surface area (Å²) in [5, 5.41) is 12.8. The highest BCUT2D eigenvalue weighted by molar-refractivity contribution is 5.50. The molecule has 1 aliphatic heterocycles. The van der Waals surface area contributed by atoms with Crippen LogP contribution in [0.25, 0.3) is 0 Å². The first kappa shape index (κ1) is 15.0. The van der Waals surface area contributed by atoms with Crippen molar-refractivity contribution in [2.45, 2.75) is 52.0 Å². The van der Waals surface area contributed by atoms with Gasteiger partial charge < -0.3 is 15.3 Å². The van der Waals surface area contributed by atoms with Gasteiger partial charge in [0.2, 0.25) is 0 Å². The Balaban J connectivity index is 2.32. The number of hydrogen-bond acceptors (Lipinski definition) is 5. The van der Waals surface area contributed by atoms with Crippen LogP contribution in [0, 0.1) is 0 Å². The molecule has 5 heteroatoms. The molecule has 112 valence electrons. The molecular formula is C15H26N4O. The van der Waals surface area contributed by atoms with E-state index in [4.69, 9.17) is 4.98 Å². The summed E-state index contributed by atoms with van der Waals surface area (Å²) in [6, 6.07) is 2.19. The number of aliphatic hydroxyl groups excluding tert-OH is 1. The number of rotatable bonds is 5. The highest BCUT2D eigenvalue weighted by Gasteiger charge is 2.24. The average Bonchev–Trinajstić information content (AvgIpc) is 2.47. The van der Waals surface area contributed by atoms with Gasteiger partial charge >= 0.3 is 0 Å². The van der Waals surface area contributed by atoms with Crippen molar-refractivity contribution in [3.05, 3.63) is 11.9 Å². The van der Waals surface area contributed by atoms with Crippen LogP contribution < -0.4 is 10.2 Å². The van der Waals surface area contributed by atoms with E-state index in [9.17, 15) is 5.11 Å². The van der Waals surface area contributed by atoms with Crippen molar-refractivity contribution in [1.29, 1.82) is 0 Å². The molecule has 1 aromatic rings. The summed E-state index contributed by atoms with van der Waals surface area (Å²) in [6.45, 7) is 8.28. The SMILES string of the molecule is CCNc1cc(N2CCCCC2CO)nc(C(C)C)n1. The molecule has 1 aromatic heterocycles. The van der Waals surface area contributed by atoms with Gasteiger partial charge in [-0.1, -0.05) is 13.8 Å². The van der Waals surface area contributed by atoms with Crippen molar-refractivity contribution in [1.82, 2.24) is 9.97 Å². The van der Waals surface area contributed by atoms with E-state index in [1.165, 1.54) is 6.42 Å². The standard InChI is InChI=1S/C15H26N4O/c1-4-16-13-9-14(18-15(17-13)11(2)3)19-8-6-5-7-12(19)10-20/h9,11-12,20H,4-8,10H2,1-3H3,(H,16,17,18). The maximum atomic E-state index is 9.57. The zero-order chi connectivity index (χ0) is 14.5. The zero-order valence-corrected chi connectivity index (χ0v) is 12.8. The Bertz CT molecular complexity index is 436. The van der Waals surface area contributed by atoms with E-state index in [1.807, 2.05) is 6.07 Å². The molecule has 2 N–H and O–H groups in total. The molecule has 1 atom stereocenters. The predicted molar refractivity (Wildman–Crippen MR) is 82.4 cm³/mol. The van der Waals surface area contributed by atoms with Gasteiger partial charge in [-0.3, -0.25) is 0 Å². The second-order valence-electron chi connectivity index (χ2n) is 5.68. The van der Waals surface area contributed by atoms with E-state index in [0.29, 0.717) is 5.92 Å². The Morgan fingerprint density at radius 2 is 2.20 bits per heavy atom. The third-order valence-corrected chi connectivity index (χ3v) is 3.74. The lowest BCUT2D eigenvalue weighted by Crippen LogP contribution is -2.42. The second-order valence-corrected chi connectivity index (χ2v) is 5.68. The number of nitrogens with zero attached hydrogens (tertiary/aromatic N) is 3.